The predicted molar refractivity (Wildman–Crippen MR) is 75.4 cm³/mol. The number of hydrogen-bond acceptors (Lipinski definition) is 7. The minimum atomic E-state index is 0.297. The van der Waals surface area contributed by atoms with Gasteiger partial charge < -0.3 is 5.73 Å². The van der Waals surface area contributed by atoms with Crippen molar-refractivity contribution in [2.24, 2.45) is 0 Å². The molecule has 0 saturated carbocycles. The molecule has 0 aromatic carbocycles. The summed E-state index contributed by atoms with van der Waals surface area (Å²) in [6, 6.07) is 3.70. The van der Waals surface area contributed by atoms with E-state index in [1.165, 1.54) is 12.7 Å². The monoisotopic (exact) mass is 275 g/mol. The van der Waals surface area contributed by atoms with Crippen molar-refractivity contribution in [2.75, 3.05) is 5.73 Å². The summed E-state index contributed by atoms with van der Waals surface area (Å²) in [5.74, 6) is 0. The molecule has 0 aliphatic carbocycles. The van der Waals surface area contributed by atoms with Crippen LogP contribution in [0.4, 0.5) is 5.69 Å². The van der Waals surface area contributed by atoms with Gasteiger partial charge in [0.2, 0.25) is 0 Å². The number of nitrogens with zero attached hydrogens (tertiary/aromatic N) is 6. The van der Waals surface area contributed by atoms with Gasteiger partial charge in [-0.05, 0) is 6.07 Å². The third kappa shape index (κ3) is 2.37. The van der Waals surface area contributed by atoms with E-state index in [-0.39, 0.29) is 0 Å². The summed E-state index contributed by atoms with van der Waals surface area (Å²) >= 11 is 0. The molecule has 0 amide bonds. The van der Waals surface area contributed by atoms with Crippen LogP contribution in [0.5, 0.6) is 0 Å². The maximum absolute atomic E-state index is 9.29. The quantitative estimate of drug-likeness (QED) is 0.752. The molecule has 0 fully saturated rings. The van der Waals surface area contributed by atoms with Gasteiger partial charge >= 0.3 is 0 Å². The molecule has 0 atom stereocenters. The van der Waals surface area contributed by atoms with Crippen LogP contribution in [0.2, 0.25) is 0 Å². The van der Waals surface area contributed by atoms with E-state index in [0.717, 1.165) is 0 Å². The number of anilines is 1. The largest absolute Gasteiger partial charge is 0.398 e. The first-order valence-electron chi connectivity index (χ1n) is 6.01. The van der Waals surface area contributed by atoms with Crippen molar-refractivity contribution in [3.8, 4) is 28.6 Å². The maximum Gasteiger partial charge on any atom is 0.115 e. The Morgan fingerprint density at radius 1 is 0.905 bits per heavy atom. The van der Waals surface area contributed by atoms with Gasteiger partial charge in [0, 0.05) is 35.9 Å². The molecule has 0 radical (unpaired) electrons. The number of aromatic nitrogens is 5. The zero-order chi connectivity index (χ0) is 14.7. The molecule has 3 heterocycles. The van der Waals surface area contributed by atoms with Gasteiger partial charge in [-0.2, -0.15) is 5.26 Å². The molecular formula is C14H9N7. The Kier molecular flexibility index (Phi) is 3.19. The van der Waals surface area contributed by atoms with E-state index in [9.17, 15) is 5.26 Å². The smallest absolute Gasteiger partial charge is 0.115 e. The Labute approximate surface area is 120 Å². The highest BCUT2D eigenvalue weighted by atomic mass is 14.8. The van der Waals surface area contributed by atoms with E-state index >= 15 is 0 Å². The molecule has 100 valence electrons. The minimum absolute atomic E-state index is 0.297. The van der Waals surface area contributed by atoms with E-state index < -0.39 is 0 Å². The van der Waals surface area contributed by atoms with Crippen LogP contribution in [0.25, 0.3) is 22.5 Å². The van der Waals surface area contributed by atoms with Crippen LogP contribution < -0.4 is 5.73 Å². The average molecular weight is 275 g/mol. The zero-order valence-electron chi connectivity index (χ0n) is 10.8. The lowest BCUT2D eigenvalue weighted by atomic mass is 10.1. The van der Waals surface area contributed by atoms with Crippen molar-refractivity contribution in [3.63, 3.8) is 0 Å². The number of nitriles is 1. The number of pyridine rings is 1. The third-order valence-electron chi connectivity index (χ3n) is 2.85. The molecule has 3 rings (SSSR count). The topological polar surface area (TPSA) is 114 Å². The molecule has 3 aromatic rings. The molecular weight excluding hydrogens is 266 g/mol. The lowest BCUT2D eigenvalue weighted by Gasteiger charge is -2.09. The summed E-state index contributed by atoms with van der Waals surface area (Å²) in [6.07, 6.45) is 9.27. The summed E-state index contributed by atoms with van der Waals surface area (Å²) in [5, 5.41) is 9.29. The van der Waals surface area contributed by atoms with Crippen LogP contribution in [-0.2, 0) is 0 Å². The van der Waals surface area contributed by atoms with Gasteiger partial charge in [0.1, 0.15) is 24.3 Å². The van der Waals surface area contributed by atoms with E-state index in [2.05, 4.69) is 31.0 Å². The van der Waals surface area contributed by atoms with Crippen LogP contribution in [-0.4, -0.2) is 24.9 Å². The fourth-order valence-electron chi connectivity index (χ4n) is 1.89. The second-order valence-corrected chi connectivity index (χ2v) is 4.19. The molecule has 3 aromatic heterocycles. The molecule has 0 bridgehead atoms. The Morgan fingerprint density at radius 3 is 2.05 bits per heavy atom. The molecule has 7 nitrogen and oxygen atoms in total. The van der Waals surface area contributed by atoms with E-state index in [4.69, 9.17) is 5.73 Å². The van der Waals surface area contributed by atoms with Gasteiger partial charge in [0.25, 0.3) is 0 Å². The normalized spacial score (nSPS) is 10.0. The number of nitrogen functional groups attached to an aromatic ring is 1. The van der Waals surface area contributed by atoms with Crippen LogP contribution in [0.1, 0.15) is 5.56 Å². The minimum Gasteiger partial charge on any atom is -0.398 e. The molecule has 0 saturated heterocycles. The van der Waals surface area contributed by atoms with E-state index in [1.54, 1.807) is 30.9 Å². The predicted octanol–water partition coefficient (Wildman–Crippen LogP) is 1.45. The molecule has 7 heteroatoms. The van der Waals surface area contributed by atoms with Crippen molar-refractivity contribution in [1.29, 1.82) is 5.26 Å². The van der Waals surface area contributed by atoms with Crippen LogP contribution >= 0.6 is 0 Å². The summed E-state index contributed by atoms with van der Waals surface area (Å²) in [6.45, 7) is 0. The summed E-state index contributed by atoms with van der Waals surface area (Å²) in [7, 11) is 0. The first-order valence-corrected chi connectivity index (χ1v) is 6.01. The van der Waals surface area contributed by atoms with Crippen LogP contribution in [0, 0.1) is 11.3 Å². The lowest BCUT2D eigenvalue weighted by Crippen LogP contribution is -2.00. The number of hydrogen-bond donors (Lipinski definition) is 1. The van der Waals surface area contributed by atoms with Gasteiger partial charge in [-0.25, -0.2) is 24.9 Å². The van der Waals surface area contributed by atoms with Gasteiger partial charge in [-0.1, -0.05) is 0 Å². The number of nitrogens with two attached hydrogens (primary N) is 1. The van der Waals surface area contributed by atoms with Gasteiger partial charge in [0.05, 0.1) is 17.1 Å². The molecule has 0 aliphatic rings. The Hall–Kier alpha value is -3.40. The molecule has 2 N–H and O–H groups in total. The summed E-state index contributed by atoms with van der Waals surface area (Å²) in [4.78, 5) is 20.3. The van der Waals surface area contributed by atoms with Crippen molar-refractivity contribution >= 4 is 5.69 Å². The highest BCUT2D eigenvalue weighted by Crippen LogP contribution is 2.28. The molecule has 0 aliphatic heterocycles. The van der Waals surface area contributed by atoms with Gasteiger partial charge in [-0.15, -0.1) is 0 Å². The third-order valence-corrected chi connectivity index (χ3v) is 2.85. The van der Waals surface area contributed by atoms with Crippen molar-refractivity contribution in [3.05, 3.63) is 49.1 Å². The standard InChI is InChI=1S/C14H9N7/c15-2-11-12(16)1-13(9-3-17-7-18-4-9)21-14(11)10-5-19-8-20-6-10/h1,3-8H,(H2,16,21). The molecule has 0 unspecified atom stereocenters. The Bertz CT molecular complexity index is 810. The highest BCUT2D eigenvalue weighted by molar-refractivity contribution is 5.77. The average Bonchev–Trinajstić information content (AvgIpc) is 2.55. The fourth-order valence-corrected chi connectivity index (χ4v) is 1.89. The van der Waals surface area contributed by atoms with Crippen molar-refractivity contribution in [2.45, 2.75) is 0 Å². The molecule has 0 spiro atoms. The first-order chi connectivity index (χ1) is 10.3. The van der Waals surface area contributed by atoms with Gasteiger partial charge in [0.15, 0.2) is 0 Å². The maximum atomic E-state index is 9.29. The van der Waals surface area contributed by atoms with E-state index in [1.807, 2.05) is 0 Å². The summed E-state index contributed by atoms with van der Waals surface area (Å²) < 4.78 is 0. The van der Waals surface area contributed by atoms with Gasteiger partial charge in [-0.3, -0.25) is 0 Å². The van der Waals surface area contributed by atoms with Crippen LogP contribution in [0.15, 0.2) is 43.5 Å². The van der Waals surface area contributed by atoms with Crippen molar-refractivity contribution < 1.29 is 0 Å². The molecule has 21 heavy (non-hydrogen) atoms. The number of rotatable bonds is 2. The zero-order valence-corrected chi connectivity index (χ0v) is 10.8. The Morgan fingerprint density at radius 2 is 1.48 bits per heavy atom. The SMILES string of the molecule is N#Cc1c(N)cc(-c2cncnc2)nc1-c1cncnc1. The van der Waals surface area contributed by atoms with E-state index in [0.29, 0.717) is 33.8 Å². The second-order valence-electron chi connectivity index (χ2n) is 4.19. The summed E-state index contributed by atoms with van der Waals surface area (Å²) in [5.41, 5.74) is 8.97. The Balaban J connectivity index is 2.24. The fraction of sp³-hybridized carbons (Fsp3) is 0. The first kappa shape index (κ1) is 12.6. The second kappa shape index (κ2) is 5.30. The lowest BCUT2D eigenvalue weighted by molar-refractivity contribution is 1.14. The highest BCUT2D eigenvalue weighted by Gasteiger charge is 2.14. The van der Waals surface area contributed by atoms with Crippen molar-refractivity contribution in [1.82, 2.24) is 24.9 Å². The van der Waals surface area contributed by atoms with Crippen LogP contribution in [0.3, 0.4) is 0 Å².